The number of hydrogen-bond acceptors (Lipinski definition) is 3. The van der Waals surface area contributed by atoms with Crippen LogP contribution in [0.15, 0.2) is 6.20 Å². The first-order valence-electron chi connectivity index (χ1n) is 5.07. The number of nitrogens with zero attached hydrogens (tertiary/aromatic N) is 3. The highest BCUT2D eigenvalue weighted by atomic mass is 35.5. The van der Waals surface area contributed by atoms with Crippen LogP contribution in [0.25, 0.3) is 0 Å². The first kappa shape index (κ1) is 14.0. The maximum atomic E-state index is 12.3. The zero-order chi connectivity index (χ0) is 13.1. The molecule has 0 saturated heterocycles. The van der Waals surface area contributed by atoms with Crippen LogP contribution in [0.3, 0.4) is 0 Å². The Morgan fingerprint density at radius 1 is 1.41 bits per heavy atom. The lowest BCUT2D eigenvalue weighted by Crippen LogP contribution is -2.35. The summed E-state index contributed by atoms with van der Waals surface area (Å²) in [5.41, 5.74) is 1.32. The van der Waals surface area contributed by atoms with Crippen molar-refractivity contribution in [1.82, 2.24) is 9.97 Å². The number of rotatable bonds is 4. The maximum absolute atomic E-state index is 12.3. The fourth-order valence-electron chi connectivity index (χ4n) is 1.30. The third-order valence-corrected chi connectivity index (χ3v) is 2.53. The Balaban J connectivity index is 2.93. The van der Waals surface area contributed by atoms with Gasteiger partial charge in [0.25, 0.3) is 0 Å². The molecule has 0 atom stereocenters. The number of aromatic nitrogens is 2. The van der Waals surface area contributed by atoms with Crippen molar-refractivity contribution in [3.8, 4) is 0 Å². The van der Waals surface area contributed by atoms with Gasteiger partial charge in [0.2, 0.25) is 5.95 Å². The molecule has 96 valence electrons. The molecule has 0 spiro atoms. The maximum Gasteiger partial charge on any atom is 0.406 e. The van der Waals surface area contributed by atoms with E-state index >= 15 is 0 Å². The van der Waals surface area contributed by atoms with Crippen LogP contribution in [0.5, 0.6) is 0 Å². The van der Waals surface area contributed by atoms with Crippen LogP contribution in [0.2, 0.25) is 0 Å². The summed E-state index contributed by atoms with van der Waals surface area (Å²) in [7, 11) is 0. The molecule has 1 rings (SSSR count). The average Bonchev–Trinajstić information content (AvgIpc) is 2.24. The van der Waals surface area contributed by atoms with E-state index in [1.807, 2.05) is 0 Å². The minimum atomic E-state index is -4.27. The predicted octanol–water partition coefficient (Wildman–Crippen LogP) is 2.91. The standard InChI is InChI=1S/C10H13ClF3N3/c1-3-17(6-10(12,13)14)9-15-5-8(4-11)7(2)16-9/h5H,3-4,6H2,1-2H3. The van der Waals surface area contributed by atoms with Crippen LogP contribution < -0.4 is 4.90 Å². The van der Waals surface area contributed by atoms with Gasteiger partial charge in [0.05, 0.1) is 5.88 Å². The van der Waals surface area contributed by atoms with E-state index in [9.17, 15) is 13.2 Å². The summed E-state index contributed by atoms with van der Waals surface area (Å²) in [6.45, 7) is 2.46. The Morgan fingerprint density at radius 3 is 2.47 bits per heavy atom. The van der Waals surface area contributed by atoms with Gasteiger partial charge in [-0.1, -0.05) is 0 Å². The van der Waals surface area contributed by atoms with Crippen LogP contribution in [-0.4, -0.2) is 29.2 Å². The third-order valence-electron chi connectivity index (χ3n) is 2.25. The fraction of sp³-hybridized carbons (Fsp3) is 0.600. The highest BCUT2D eigenvalue weighted by Gasteiger charge is 2.31. The quantitative estimate of drug-likeness (QED) is 0.786. The van der Waals surface area contributed by atoms with E-state index in [0.717, 1.165) is 10.5 Å². The molecular formula is C10H13ClF3N3. The summed E-state index contributed by atoms with van der Waals surface area (Å²) in [6.07, 6.45) is -2.80. The lowest BCUT2D eigenvalue weighted by atomic mass is 10.3. The molecular weight excluding hydrogens is 255 g/mol. The highest BCUT2D eigenvalue weighted by Crippen LogP contribution is 2.20. The van der Waals surface area contributed by atoms with Crippen LogP contribution in [0.1, 0.15) is 18.2 Å². The van der Waals surface area contributed by atoms with Crippen LogP contribution >= 0.6 is 11.6 Å². The molecule has 0 radical (unpaired) electrons. The molecule has 0 saturated carbocycles. The molecule has 1 heterocycles. The zero-order valence-corrected chi connectivity index (χ0v) is 10.3. The van der Waals surface area contributed by atoms with E-state index in [1.54, 1.807) is 13.8 Å². The lowest BCUT2D eigenvalue weighted by Gasteiger charge is -2.22. The summed E-state index contributed by atoms with van der Waals surface area (Å²) in [6, 6.07) is 0. The second kappa shape index (κ2) is 5.53. The third kappa shape index (κ3) is 4.03. The summed E-state index contributed by atoms with van der Waals surface area (Å²) in [4.78, 5) is 9.00. The second-order valence-electron chi connectivity index (χ2n) is 3.54. The van der Waals surface area contributed by atoms with Gasteiger partial charge in [-0.2, -0.15) is 13.2 Å². The van der Waals surface area contributed by atoms with E-state index in [0.29, 0.717) is 5.69 Å². The van der Waals surface area contributed by atoms with Gasteiger partial charge in [-0.15, -0.1) is 11.6 Å². The van der Waals surface area contributed by atoms with E-state index in [-0.39, 0.29) is 18.4 Å². The smallest absolute Gasteiger partial charge is 0.332 e. The molecule has 0 fully saturated rings. The average molecular weight is 268 g/mol. The number of aryl methyl sites for hydroxylation is 1. The molecule has 0 amide bonds. The Labute approximate surface area is 103 Å². The Hall–Kier alpha value is -1.04. The predicted molar refractivity (Wildman–Crippen MR) is 60.3 cm³/mol. The van der Waals surface area contributed by atoms with Crippen molar-refractivity contribution in [2.45, 2.75) is 25.9 Å². The minimum Gasteiger partial charge on any atom is -0.332 e. The molecule has 1 aromatic heterocycles. The molecule has 0 bridgehead atoms. The largest absolute Gasteiger partial charge is 0.406 e. The Kier molecular flexibility index (Phi) is 4.56. The summed E-state index contributed by atoms with van der Waals surface area (Å²) < 4.78 is 36.9. The molecule has 7 heteroatoms. The van der Waals surface area contributed by atoms with Gasteiger partial charge in [0.15, 0.2) is 0 Å². The van der Waals surface area contributed by atoms with Gasteiger partial charge in [-0.3, -0.25) is 0 Å². The van der Waals surface area contributed by atoms with Gasteiger partial charge < -0.3 is 4.90 Å². The monoisotopic (exact) mass is 267 g/mol. The van der Waals surface area contributed by atoms with Crippen molar-refractivity contribution in [2.24, 2.45) is 0 Å². The van der Waals surface area contributed by atoms with Gasteiger partial charge >= 0.3 is 6.18 Å². The second-order valence-corrected chi connectivity index (χ2v) is 3.81. The zero-order valence-electron chi connectivity index (χ0n) is 9.55. The van der Waals surface area contributed by atoms with E-state index < -0.39 is 12.7 Å². The molecule has 0 aromatic carbocycles. The van der Waals surface area contributed by atoms with Gasteiger partial charge in [-0.05, 0) is 13.8 Å². The van der Waals surface area contributed by atoms with E-state index in [2.05, 4.69) is 9.97 Å². The topological polar surface area (TPSA) is 29.0 Å². The molecule has 0 aliphatic heterocycles. The molecule has 0 unspecified atom stereocenters. The van der Waals surface area contributed by atoms with Crippen LogP contribution in [0.4, 0.5) is 19.1 Å². The van der Waals surface area contributed by atoms with Crippen LogP contribution in [-0.2, 0) is 5.88 Å². The summed E-state index contributed by atoms with van der Waals surface area (Å²) >= 11 is 5.63. The van der Waals surface area contributed by atoms with Crippen molar-refractivity contribution in [3.05, 3.63) is 17.5 Å². The molecule has 0 N–H and O–H groups in total. The SMILES string of the molecule is CCN(CC(F)(F)F)c1ncc(CCl)c(C)n1. The van der Waals surface area contributed by atoms with Crippen molar-refractivity contribution in [2.75, 3.05) is 18.0 Å². The Morgan fingerprint density at radius 2 is 2.06 bits per heavy atom. The molecule has 17 heavy (non-hydrogen) atoms. The molecule has 1 aromatic rings. The van der Waals surface area contributed by atoms with E-state index in [1.165, 1.54) is 6.20 Å². The van der Waals surface area contributed by atoms with Gasteiger partial charge in [0, 0.05) is 24.0 Å². The number of hydrogen-bond donors (Lipinski definition) is 0. The highest BCUT2D eigenvalue weighted by molar-refractivity contribution is 6.17. The van der Waals surface area contributed by atoms with Crippen LogP contribution in [0, 0.1) is 6.92 Å². The molecule has 3 nitrogen and oxygen atoms in total. The number of anilines is 1. The first-order chi connectivity index (χ1) is 7.87. The minimum absolute atomic E-state index is 0.0798. The Bertz CT molecular complexity index is 382. The van der Waals surface area contributed by atoms with Crippen molar-refractivity contribution in [3.63, 3.8) is 0 Å². The summed E-state index contributed by atoms with van der Waals surface area (Å²) in [5, 5.41) is 0. The number of halogens is 4. The normalized spacial score (nSPS) is 11.6. The van der Waals surface area contributed by atoms with Crippen molar-refractivity contribution >= 4 is 17.5 Å². The number of alkyl halides is 4. The fourth-order valence-corrected chi connectivity index (χ4v) is 1.57. The van der Waals surface area contributed by atoms with Crippen molar-refractivity contribution in [1.29, 1.82) is 0 Å². The lowest BCUT2D eigenvalue weighted by molar-refractivity contribution is -0.119. The van der Waals surface area contributed by atoms with Gasteiger partial charge in [-0.25, -0.2) is 9.97 Å². The molecule has 0 aliphatic carbocycles. The molecule has 0 aliphatic rings. The first-order valence-corrected chi connectivity index (χ1v) is 5.61. The van der Waals surface area contributed by atoms with Gasteiger partial charge in [0.1, 0.15) is 6.54 Å². The van der Waals surface area contributed by atoms with Crippen molar-refractivity contribution < 1.29 is 13.2 Å². The van der Waals surface area contributed by atoms with E-state index in [4.69, 9.17) is 11.6 Å². The summed E-state index contributed by atoms with van der Waals surface area (Å²) in [5.74, 6) is 0.327.